The highest BCUT2D eigenvalue weighted by Crippen LogP contribution is 2.27. The van der Waals surface area contributed by atoms with Crippen molar-refractivity contribution in [1.82, 2.24) is 4.90 Å². The van der Waals surface area contributed by atoms with E-state index in [2.05, 4.69) is 11.9 Å². The van der Waals surface area contributed by atoms with Crippen LogP contribution in [0.25, 0.3) is 0 Å². The Bertz CT molecular complexity index is 414. The molecule has 0 aromatic heterocycles. The van der Waals surface area contributed by atoms with Gasteiger partial charge >= 0.3 is 0 Å². The number of rotatable bonds is 5. The first kappa shape index (κ1) is 14.6. The molecule has 4 nitrogen and oxygen atoms in total. The van der Waals surface area contributed by atoms with E-state index in [-0.39, 0.29) is 6.10 Å². The minimum Gasteiger partial charge on any atom is -0.490 e. The van der Waals surface area contributed by atoms with E-state index in [1.165, 1.54) is 0 Å². The summed E-state index contributed by atoms with van der Waals surface area (Å²) in [5, 5.41) is 0.713. The van der Waals surface area contributed by atoms with Crippen LogP contribution in [-0.4, -0.2) is 50.9 Å². The van der Waals surface area contributed by atoms with E-state index < -0.39 is 0 Å². The molecule has 0 radical (unpaired) electrons. The zero-order valence-electron chi connectivity index (χ0n) is 11.3. The van der Waals surface area contributed by atoms with Gasteiger partial charge in [0.05, 0.1) is 6.61 Å². The van der Waals surface area contributed by atoms with Crippen molar-refractivity contribution in [1.29, 1.82) is 0 Å². The lowest BCUT2D eigenvalue weighted by molar-refractivity contribution is -0.0404. The van der Waals surface area contributed by atoms with E-state index in [1.54, 1.807) is 0 Å². The summed E-state index contributed by atoms with van der Waals surface area (Å²) in [5.74, 6) is 0.815. The van der Waals surface area contributed by atoms with Crippen LogP contribution in [0.3, 0.4) is 0 Å². The molecule has 106 valence electrons. The van der Waals surface area contributed by atoms with Crippen molar-refractivity contribution >= 4 is 11.6 Å². The van der Waals surface area contributed by atoms with E-state index in [1.807, 2.05) is 18.2 Å². The van der Waals surface area contributed by atoms with E-state index in [0.717, 1.165) is 37.4 Å². The topological polar surface area (TPSA) is 47.7 Å². The van der Waals surface area contributed by atoms with Crippen LogP contribution in [0, 0.1) is 0 Å². The summed E-state index contributed by atoms with van der Waals surface area (Å²) in [6, 6.07) is 5.69. The van der Waals surface area contributed by atoms with Gasteiger partial charge in [0.15, 0.2) is 0 Å². The normalized spacial score (nSPS) is 20.5. The van der Waals surface area contributed by atoms with Gasteiger partial charge in [0.2, 0.25) is 0 Å². The Hall–Kier alpha value is -0.810. The van der Waals surface area contributed by atoms with Crippen molar-refractivity contribution in [3.63, 3.8) is 0 Å². The molecule has 1 heterocycles. The van der Waals surface area contributed by atoms with Gasteiger partial charge in [0.1, 0.15) is 18.5 Å². The largest absolute Gasteiger partial charge is 0.490 e. The van der Waals surface area contributed by atoms with E-state index in [4.69, 9.17) is 26.8 Å². The van der Waals surface area contributed by atoms with Crippen LogP contribution in [0.5, 0.6) is 5.75 Å². The summed E-state index contributed by atoms with van der Waals surface area (Å²) in [6.07, 6.45) is 0.837. The number of halogens is 1. The van der Waals surface area contributed by atoms with Crippen LogP contribution >= 0.6 is 11.6 Å². The van der Waals surface area contributed by atoms with Crippen LogP contribution in [0.15, 0.2) is 18.2 Å². The fraction of sp³-hybridized carbons (Fsp3) is 0.571. The Balaban J connectivity index is 1.96. The number of ether oxygens (including phenoxy) is 2. The van der Waals surface area contributed by atoms with Crippen molar-refractivity contribution in [2.75, 3.05) is 39.9 Å². The third kappa shape index (κ3) is 4.08. The summed E-state index contributed by atoms with van der Waals surface area (Å²) in [4.78, 5) is 2.25. The monoisotopic (exact) mass is 284 g/mol. The summed E-state index contributed by atoms with van der Waals surface area (Å²) in [7, 11) is 2.09. The molecule has 1 atom stereocenters. The van der Waals surface area contributed by atoms with Gasteiger partial charge in [-0.2, -0.15) is 0 Å². The molecule has 5 heteroatoms. The summed E-state index contributed by atoms with van der Waals surface area (Å²) >= 11 is 6.18. The summed E-state index contributed by atoms with van der Waals surface area (Å²) < 4.78 is 11.5. The first-order valence-electron chi connectivity index (χ1n) is 6.61. The van der Waals surface area contributed by atoms with Crippen molar-refractivity contribution in [3.05, 3.63) is 28.8 Å². The Morgan fingerprint density at radius 3 is 3.11 bits per heavy atom. The average molecular weight is 285 g/mol. The van der Waals surface area contributed by atoms with Crippen LogP contribution < -0.4 is 10.5 Å². The van der Waals surface area contributed by atoms with E-state index in [0.29, 0.717) is 18.2 Å². The average Bonchev–Trinajstić information content (AvgIpc) is 2.40. The second-order valence-electron chi connectivity index (χ2n) is 4.82. The highest BCUT2D eigenvalue weighted by molar-refractivity contribution is 6.31. The molecule has 19 heavy (non-hydrogen) atoms. The summed E-state index contributed by atoms with van der Waals surface area (Å²) in [6.45, 7) is 3.74. The molecule has 1 unspecified atom stereocenters. The highest BCUT2D eigenvalue weighted by Gasteiger charge is 2.19. The fourth-order valence-corrected chi connectivity index (χ4v) is 2.47. The number of morpholine rings is 1. The van der Waals surface area contributed by atoms with Crippen LogP contribution in [0.1, 0.15) is 5.56 Å². The molecule has 1 aromatic carbocycles. The Morgan fingerprint density at radius 1 is 1.53 bits per heavy atom. The Labute approximate surface area is 119 Å². The van der Waals surface area contributed by atoms with Gasteiger partial charge in [0, 0.05) is 23.7 Å². The number of hydrogen-bond acceptors (Lipinski definition) is 4. The lowest BCUT2D eigenvalue weighted by Crippen LogP contribution is -2.42. The SMILES string of the molecule is CN1CCOC(COc2cccc(Cl)c2CCN)C1. The predicted octanol–water partition coefficient (Wildman–Crippen LogP) is 1.55. The maximum absolute atomic E-state index is 6.18. The quantitative estimate of drug-likeness (QED) is 0.891. The maximum atomic E-state index is 6.18. The molecule has 0 saturated carbocycles. The molecule has 1 fully saturated rings. The number of nitrogens with two attached hydrogens (primary N) is 1. The Kier molecular flexibility index (Phi) is 5.45. The molecule has 0 spiro atoms. The Morgan fingerprint density at radius 2 is 2.37 bits per heavy atom. The minimum atomic E-state index is 0.114. The molecule has 0 bridgehead atoms. The third-order valence-corrected chi connectivity index (χ3v) is 3.59. The zero-order chi connectivity index (χ0) is 13.7. The van der Waals surface area contributed by atoms with Crippen LogP contribution in [0.4, 0.5) is 0 Å². The van der Waals surface area contributed by atoms with Gasteiger partial charge < -0.3 is 20.1 Å². The second-order valence-corrected chi connectivity index (χ2v) is 5.23. The molecular weight excluding hydrogens is 264 g/mol. The van der Waals surface area contributed by atoms with Gasteiger partial charge in [-0.3, -0.25) is 0 Å². The molecule has 0 aliphatic carbocycles. The van der Waals surface area contributed by atoms with Crippen LogP contribution in [-0.2, 0) is 11.2 Å². The molecule has 1 aromatic rings. The molecule has 2 rings (SSSR count). The lowest BCUT2D eigenvalue weighted by Gasteiger charge is -2.30. The molecule has 1 saturated heterocycles. The minimum absolute atomic E-state index is 0.114. The fourth-order valence-electron chi connectivity index (χ4n) is 2.21. The summed E-state index contributed by atoms with van der Waals surface area (Å²) in [5.41, 5.74) is 6.59. The van der Waals surface area contributed by atoms with Gasteiger partial charge in [-0.05, 0) is 32.1 Å². The molecular formula is C14H21ClN2O2. The number of likely N-dealkylation sites (N-methyl/N-ethyl adjacent to an activating group) is 1. The van der Waals surface area contributed by atoms with Crippen molar-refractivity contribution in [3.8, 4) is 5.75 Å². The first-order valence-corrected chi connectivity index (χ1v) is 6.99. The standard InChI is InChI=1S/C14H21ClN2O2/c1-17-7-8-18-11(9-17)10-19-14-4-2-3-13(15)12(14)5-6-16/h2-4,11H,5-10,16H2,1H3. The van der Waals surface area contributed by atoms with Gasteiger partial charge in [-0.15, -0.1) is 0 Å². The molecule has 0 amide bonds. The number of nitrogens with zero attached hydrogens (tertiary/aromatic N) is 1. The van der Waals surface area contributed by atoms with Crippen molar-refractivity contribution in [2.45, 2.75) is 12.5 Å². The van der Waals surface area contributed by atoms with E-state index >= 15 is 0 Å². The lowest BCUT2D eigenvalue weighted by atomic mass is 10.1. The zero-order valence-corrected chi connectivity index (χ0v) is 12.0. The van der Waals surface area contributed by atoms with Crippen molar-refractivity contribution < 1.29 is 9.47 Å². The molecule has 1 aliphatic rings. The molecule has 2 N–H and O–H groups in total. The predicted molar refractivity (Wildman–Crippen MR) is 76.9 cm³/mol. The van der Waals surface area contributed by atoms with Gasteiger partial charge in [-0.1, -0.05) is 17.7 Å². The molecule has 1 aliphatic heterocycles. The second kappa shape index (κ2) is 7.10. The number of hydrogen-bond donors (Lipinski definition) is 1. The number of benzene rings is 1. The maximum Gasteiger partial charge on any atom is 0.124 e. The first-order chi connectivity index (χ1) is 9.20. The smallest absolute Gasteiger partial charge is 0.124 e. The van der Waals surface area contributed by atoms with Gasteiger partial charge in [0.25, 0.3) is 0 Å². The van der Waals surface area contributed by atoms with Gasteiger partial charge in [-0.25, -0.2) is 0 Å². The highest BCUT2D eigenvalue weighted by atomic mass is 35.5. The van der Waals surface area contributed by atoms with Crippen LogP contribution in [0.2, 0.25) is 5.02 Å². The van der Waals surface area contributed by atoms with E-state index in [9.17, 15) is 0 Å². The third-order valence-electron chi connectivity index (χ3n) is 3.24. The van der Waals surface area contributed by atoms with Crippen molar-refractivity contribution in [2.24, 2.45) is 5.73 Å².